The smallest absolute Gasteiger partial charge is 0.274 e. The molecule has 3 heterocycles. The van der Waals surface area contributed by atoms with Gasteiger partial charge in [0, 0.05) is 38.1 Å². The van der Waals surface area contributed by atoms with E-state index in [0.717, 1.165) is 17.0 Å². The monoisotopic (exact) mass is 392 g/mol. The van der Waals surface area contributed by atoms with Gasteiger partial charge in [-0.25, -0.2) is 0 Å². The van der Waals surface area contributed by atoms with Crippen LogP contribution in [0.1, 0.15) is 33.5 Å². The van der Waals surface area contributed by atoms with E-state index in [1.807, 2.05) is 54.9 Å². The minimum Gasteiger partial charge on any atom is -0.483 e. The van der Waals surface area contributed by atoms with Gasteiger partial charge in [-0.1, -0.05) is 30.3 Å². The fourth-order valence-corrected chi connectivity index (χ4v) is 3.67. The van der Waals surface area contributed by atoms with Gasteiger partial charge in [0.1, 0.15) is 6.61 Å². The van der Waals surface area contributed by atoms with E-state index in [4.69, 9.17) is 4.74 Å². The minimum atomic E-state index is -0.294. The molecule has 0 saturated carbocycles. The van der Waals surface area contributed by atoms with Crippen molar-refractivity contribution >= 4 is 5.91 Å². The summed E-state index contributed by atoms with van der Waals surface area (Å²) in [5.74, 6) is -0.107. The van der Waals surface area contributed by atoms with Gasteiger partial charge >= 0.3 is 0 Å². The van der Waals surface area contributed by atoms with Crippen LogP contribution >= 0.6 is 0 Å². The number of hydrogen-bond acceptors (Lipinski definition) is 4. The highest BCUT2D eigenvalue weighted by Gasteiger charge is 2.36. The van der Waals surface area contributed by atoms with Gasteiger partial charge in [-0.05, 0) is 25.5 Å². The number of carbonyl (C=O) groups excluding carboxylic acids is 1. The van der Waals surface area contributed by atoms with E-state index in [0.29, 0.717) is 13.1 Å². The standard InChI is InChI=1S/C22H24N4O3/c1-15-11-16(2)26(23-15)18-12-25(13-18)22(28)20-21(19(27)9-10-24(20)3)29-14-17-7-5-4-6-8-17/h4-11,18H,12-14H2,1-3H3. The van der Waals surface area contributed by atoms with Crippen molar-refractivity contribution in [1.29, 1.82) is 0 Å². The molecule has 0 unspecified atom stereocenters. The molecule has 0 aliphatic carbocycles. The van der Waals surface area contributed by atoms with Gasteiger partial charge in [0.05, 0.1) is 11.7 Å². The van der Waals surface area contributed by atoms with Gasteiger partial charge < -0.3 is 14.2 Å². The van der Waals surface area contributed by atoms with E-state index in [-0.39, 0.29) is 35.4 Å². The number of benzene rings is 1. The normalized spacial score (nSPS) is 14.0. The minimum absolute atomic E-state index is 0.0958. The van der Waals surface area contributed by atoms with Crippen LogP contribution in [0.5, 0.6) is 5.75 Å². The Labute approximate surface area is 169 Å². The summed E-state index contributed by atoms with van der Waals surface area (Å²) < 4.78 is 9.43. The van der Waals surface area contributed by atoms with E-state index in [9.17, 15) is 9.59 Å². The summed E-state index contributed by atoms with van der Waals surface area (Å²) >= 11 is 0. The van der Waals surface area contributed by atoms with Gasteiger partial charge in [-0.3, -0.25) is 14.3 Å². The SMILES string of the molecule is Cc1cc(C)n(C2CN(C(=O)c3c(OCc4ccccc4)c(=O)ccn3C)C2)n1. The van der Waals surface area contributed by atoms with Crippen molar-refractivity contribution in [3.63, 3.8) is 0 Å². The molecular formula is C22H24N4O3. The maximum atomic E-state index is 13.2. The van der Waals surface area contributed by atoms with Crippen LogP contribution in [0.4, 0.5) is 0 Å². The Bertz CT molecular complexity index is 1090. The highest BCUT2D eigenvalue weighted by molar-refractivity contribution is 5.95. The van der Waals surface area contributed by atoms with Crippen molar-refractivity contribution < 1.29 is 9.53 Å². The molecular weight excluding hydrogens is 368 g/mol. The second-order valence-electron chi connectivity index (χ2n) is 7.48. The Morgan fingerprint density at radius 3 is 2.55 bits per heavy atom. The van der Waals surface area contributed by atoms with Crippen molar-refractivity contribution in [2.45, 2.75) is 26.5 Å². The van der Waals surface area contributed by atoms with Crippen LogP contribution in [0.15, 0.2) is 53.5 Å². The number of aromatic nitrogens is 3. The fourth-order valence-electron chi connectivity index (χ4n) is 3.67. The zero-order valence-electron chi connectivity index (χ0n) is 16.8. The molecule has 0 radical (unpaired) electrons. The van der Waals surface area contributed by atoms with Gasteiger partial charge in [-0.2, -0.15) is 5.10 Å². The lowest BCUT2D eigenvalue weighted by molar-refractivity contribution is 0.0481. The first-order chi connectivity index (χ1) is 13.9. The first-order valence-corrected chi connectivity index (χ1v) is 9.62. The summed E-state index contributed by atoms with van der Waals surface area (Å²) in [5, 5.41) is 4.51. The number of hydrogen-bond donors (Lipinski definition) is 0. The van der Waals surface area contributed by atoms with Crippen LogP contribution in [0, 0.1) is 13.8 Å². The molecule has 1 fully saturated rings. The van der Waals surface area contributed by atoms with Crippen LogP contribution in [-0.2, 0) is 13.7 Å². The van der Waals surface area contributed by atoms with Crippen molar-refractivity contribution in [2.75, 3.05) is 13.1 Å². The molecule has 1 saturated heterocycles. The fraction of sp³-hybridized carbons (Fsp3) is 0.318. The predicted molar refractivity (Wildman–Crippen MR) is 109 cm³/mol. The molecule has 7 heteroatoms. The number of likely N-dealkylation sites (tertiary alicyclic amines) is 1. The third-order valence-corrected chi connectivity index (χ3v) is 5.21. The number of carbonyl (C=O) groups is 1. The van der Waals surface area contributed by atoms with Crippen molar-refractivity contribution in [3.8, 4) is 5.75 Å². The van der Waals surface area contributed by atoms with Crippen LogP contribution in [0.3, 0.4) is 0 Å². The summed E-state index contributed by atoms with van der Waals surface area (Å²) in [6, 6.07) is 13.2. The van der Waals surface area contributed by atoms with Crippen molar-refractivity contribution in [1.82, 2.24) is 19.2 Å². The molecule has 1 amide bonds. The third-order valence-electron chi connectivity index (χ3n) is 5.21. The molecule has 3 aromatic rings. The number of rotatable bonds is 5. The maximum Gasteiger partial charge on any atom is 0.274 e. The first-order valence-electron chi connectivity index (χ1n) is 9.62. The summed E-state index contributed by atoms with van der Waals surface area (Å²) in [7, 11) is 1.75. The van der Waals surface area contributed by atoms with Gasteiger partial charge in [0.15, 0.2) is 11.4 Å². The van der Waals surface area contributed by atoms with E-state index in [2.05, 4.69) is 5.10 Å². The predicted octanol–water partition coefficient (Wildman–Crippen LogP) is 2.47. The number of ether oxygens (including phenoxy) is 1. The molecule has 1 aliphatic heterocycles. The van der Waals surface area contributed by atoms with Gasteiger partial charge in [0.2, 0.25) is 5.43 Å². The average molecular weight is 392 g/mol. The molecule has 1 aliphatic rings. The van der Waals surface area contributed by atoms with Crippen LogP contribution < -0.4 is 10.2 Å². The van der Waals surface area contributed by atoms with Crippen molar-refractivity contribution in [3.05, 3.63) is 81.5 Å². The Kier molecular flexibility index (Phi) is 4.96. The Balaban J connectivity index is 1.53. The van der Waals surface area contributed by atoms with Crippen LogP contribution in [-0.4, -0.2) is 38.2 Å². The molecule has 1 aromatic carbocycles. The third kappa shape index (κ3) is 3.68. The van der Waals surface area contributed by atoms with Crippen LogP contribution in [0.2, 0.25) is 0 Å². The molecule has 4 rings (SSSR count). The maximum absolute atomic E-state index is 13.2. The Morgan fingerprint density at radius 1 is 1.17 bits per heavy atom. The molecule has 0 bridgehead atoms. The number of amides is 1. The number of aryl methyl sites for hydroxylation is 3. The van der Waals surface area contributed by atoms with E-state index < -0.39 is 0 Å². The quantitative estimate of drug-likeness (QED) is 0.669. The summed E-state index contributed by atoms with van der Waals surface area (Å²) in [5.41, 5.74) is 2.97. The van der Waals surface area contributed by atoms with Crippen LogP contribution in [0.25, 0.3) is 0 Å². The molecule has 0 spiro atoms. The summed E-state index contributed by atoms with van der Waals surface area (Å²) in [4.78, 5) is 27.3. The second-order valence-corrected chi connectivity index (χ2v) is 7.48. The molecule has 2 aromatic heterocycles. The van der Waals surface area contributed by atoms with Gasteiger partial charge in [-0.15, -0.1) is 0 Å². The molecule has 7 nitrogen and oxygen atoms in total. The largest absolute Gasteiger partial charge is 0.483 e. The lowest BCUT2D eigenvalue weighted by atomic mass is 10.1. The zero-order valence-corrected chi connectivity index (χ0v) is 16.8. The Morgan fingerprint density at radius 2 is 1.90 bits per heavy atom. The lowest BCUT2D eigenvalue weighted by Gasteiger charge is -2.40. The van der Waals surface area contributed by atoms with E-state index >= 15 is 0 Å². The molecule has 150 valence electrons. The highest BCUT2D eigenvalue weighted by Crippen LogP contribution is 2.26. The molecule has 0 atom stereocenters. The second kappa shape index (κ2) is 7.58. The first kappa shape index (κ1) is 19.0. The van der Waals surface area contributed by atoms with E-state index in [1.54, 1.807) is 22.7 Å². The molecule has 0 N–H and O–H groups in total. The molecule has 29 heavy (non-hydrogen) atoms. The zero-order chi connectivity index (χ0) is 20.5. The number of pyridine rings is 1. The summed E-state index contributed by atoms with van der Waals surface area (Å²) in [6.45, 7) is 5.32. The Hall–Kier alpha value is -3.35. The average Bonchev–Trinajstić information content (AvgIpc) is 2.99. The van der Waals surface area contributed by atoms with Gasteiger partial charge in [0.25, 0.3) is 5.91 Å². The van der Waals surface area contributed by atoms with E-state index in [1.165, 1.54) is 6.07 Å². The summed E-state index contributed by atoms with van der Waals surface area (Å²) in [6.07, 6.45) is 1.60. The highest BCUT2D eigenvalue weighted by atomic mass is 16.5. The number of nitrogens with zero attached hydrogens (tertiary/aromatic N) is 4. The van der Waals surface area contributed by atoms with Crippen molar-refractivity contribution in [2.24, 2.45) is 7.05 Å². The lowest BCUT2D eigenvalue weighted by Crippen LogP contribution is -2.52. The topological polar surface area (TPSA) is 69.4 Å².